The number of rotatable bonds is 4. The van der Waals surface area contributed by atoms with Gasteiger partial charge in [0.05, 0.1) is 16.3 Å². The summed E-state index contributed by atoms with van der Waals surface area (Å²) in [5, 5.41) is 3.65. The molecular formula is C20H21ClN2O2S. The van der Waals surface area contributed by atoms with Gasteiger partial charge in [0.1, 0.15) is 0 Å². The highest BCUT2D eigenvalue weighted by Crippen LogP contribution is 2.37. The molecule has 0 bridgehead atoms. The number of halogens is 1. The summed E-state index contributed by atoms with van der Waals surface area (Å²) in [6.45, 7) is 3.16. The monoisotopic (exact) mass is 388 g/mol. The van der Waals surface area contributed by atoms with Gasteiger partial charge in [-0.25, -0.2) is 0 Å². The lowest BCUT2D eigenvalue weighted by Gasteiger charge is -2.22. The molecule has 0 spiro atoms. The summed E-state index contributed by atoms with van der Waals surface area (Å²) in [4.78, 5) is 27.9. The lowest BCUT2D eigenvalue weighted by atomic mass is 10.2. The molecule has 1 aliphatic rings. The number of benzene rings is 2. The van der Waals surface area contributed by atoms with Gasteiger partial charge < -0.3 is 10.2 Å². The molecule has 0 aromatic heterocycles. The summed E-state index contributed by atoms with van der Waals surface area (Å²) in [7, 11) is 0. The minimum absolute atomic E-state index is 0.0200. The Morgan fingerprint density at radius 2 is 1.92 bits per heavy atom. The van der Waals surface area contributed by atoms with Crippen molar-refractivity contribution in [2.75, 3.05) is 18.0 Å². The highest BCUT2D eigenvalue weighted by molar-refractivity contribution is 8.00. The quantitative estimate of drug-likeness (QED) is 0.845. The molecule has 1 atom stereocenters. The zero-order chi connectivity index (χ0) is 18.5. The molecule has 0 radical (unpaired) electrons. The first-order valence-electron chi connectivity index (χ1n) is 8.65. The predicted molar refractivity (Wildman–Crippen MR) is 107 cm³/mol. The number of hydrogen-bond acceptors (Lipinski definition) is 3. The Hall–Kier alpha value is -1.98. The minimum atomic E-state index is -0.260. The average Bonchev–Trinajstić information content (AvgIpc) is 2.80. The van der Waals surface area contributed by atoms with Gasteiger partial charge in [-0.15, -0.1) is 11.8 Å². The van der Waals surface area contributed by atoms with Crippen LogP contribution in [-0.4, -0.2) is 30.2 Å². The number of anilines is 1. The Balaban J connectivity index is 1.62. The number of hydrogen-bond donors (Lipinski definition) is 1. The topological polar surface area (TPSA) is 49.4 Å². The average molecular weight is 389 g/mol. The van der Waals surface area contributed by atoms with Crippen LogP contribution in [0.5, 0.6) is 0 Å². The number of amides is 2. The number of carbonyl (C=O) groups excluding carboxylic acids is 2. The van der Waals surface area contributed by atoms with Crippen molar-refractivity contribution >= 4 is 40.9 Å². The van der Waals surface area contributed by atoms with E-state index in [1.54, 1.807) is 36.0 Å². The van der Waals surface area contributed by atoms with Crippen LogP contribution in [0.4, 0.5) is 5.69 Å². The largest absolute Gasteiger partial charge is 0.351 e. The van der Waals surface area contributed by atoms with Crippen LogP contribution in [-0.2, 0) is 4.79 Å². The molecule has 0 fully saturated rings. The van der Waals surface area contributed by atoms with E-state index in [1.165, 1.54) is 0 Å². The Labute approximate surface area is 162 Å². The molecule has 0 aliphatic carbocycles. The highest BCUT2D eigenvalue weighted by atomic mass is 35.5. The molecule has 0 saturated heterocycles. The summed E-state index contributed by atoms with van der Waals surface area (Å²) in [6.07, 6.45) is 1.20. The van der Waals surface area contributed by atoms with Crippen molar-refractivity contribution in [1.29, 1.82) is 0 Å². The van der Waals surface area contributed by atoms with E-state index >= 15 is 0 Å². The molecule has 1 heterocycles. The molecule has 1 aliphatic heterocycles. The van der Waals surface area contributed by atoms with Crippen LogP contribution in [0.15, 0.2) is 53.4 Å². The van der Waals surface area contributed by atoms with Crippen molar-refractivity contribution in [3.8, 4) is 0 Å². The van der Waals surface area contributed by atoms with Crippen LogP contribution >= 0.6 is 23.4 Å². The Morgan fingerprint density at radius 1 is 1.19 bits per heavy atom. The summed E-state index contributed by atoms with van der Waals surface area (Å²) >= 11 is 7.84. The predicted octanol–water partition coefficient (Wildman–Crippen LogP) is 4.38. The minimum Gasteiger partial charge on any atom is -0.351 e. The number of para-hydroxylation sites is 1. The van der Waals surface area contributed by atoms with E-state index < -0.39 is 0 Å². The van der Waals surface area contributed by atoms with E-state index in [0.717, 1.165) is 17.0 Å². The third-order valence-electron chi connectivity index (χ3n) is 4.29. The van der Waals surface area contributed by atoms with E-state index in [0.29, 0.717) is 22.4 Å². The third-order valence-corrected chi connectivity index (χ3v) is 5.85. The number of nitrogens with one attached hydrogen (secondary N) is 1. The van der Waals surface area contributed by atoms with E-state index in [1.807, 2.05) is 23.1 Å². The van der Waals surface area contributed by atoms with E-state index in [2.05, 4.69) is 18.3 Å². The maximum atomic E-state index is 12.7. The first kappa shape index (κ1) is 18.8. The lowest BCUT2D eigenvalue weighted by molar-refractivity contribution is -0.118. The van der Waals surface area contributed by atoms with Crippen molar-refractivity contribution in [1.82, 2.24) is 5.32 Å². The molecule has 0 saturated carbocycles. The van der Waals surface area contributed by atoms with Gasteiger partial charge in [0.25, 0.3) is 5.91 Å². The molecule has 2 amide bonds. The molecule has 0 unspecified atom stereocenters. The van der Waals surface area contributed by atoms with Gasteiger partial charge in [-0.2, -0.15) is 0 Å². The van der Waals surface area contributed by atoms with Gasteiger partial charge in [0.15, 0.2) is 0 Å². The molecular weight excluding hydrogens is 368 g/mol. The van der Waals surface area contributed by atoms with Crippen molar-refractivity contribution < 1.29 is 9.59 Å². The van der Waals surface area contributed by atoms with E-state index in [-0.39, 0.29) is 24.8 Å². The van der Waals surface area contributed by atoms with Gasteiger partial charge >= 0.3 is 0 Å². The SMILES string of the molecule is C[C@H]1CCN(C(=O)CCNC(=O)c2ccccc2Cl)c2ccccc2S1. The van der Waals surface area contributed by atoms with Gasteiger partial charge in [0, 0.05) is 29.7 Å². The smallest absolute Gasteiger partial charge is 0.252 e. The maximum absolute atomic E-state index is 12.7. The van der Waals surface area contributed by atoms with E-state index in [4.69, 9.17) is 11.6 Å². The molecule has 26 heavy (non-hydrogen) atoms. The standard InChI is InChI=1S/C20H21ClN2O2S/c1-14-11-13-23(17-8-4-5-9-18(17)26-14)19(24)10-12-22-20(25)15-6-2-3-7-16(15)21/h2-9,14H,10-13H2,1H3,(H,22,25)/t14-/m0/s1. The first-order chi connectivity index (χ1) is 12.6. The fourth-order valence-corrected chi connectivity index (χ4v) is 4.24. The zero-order valence-corrected chi connectivity index (χ0v) is 16.1. The molecule has 6 heteroatoms. The fourth-order valence-electron chi connectivity index (χ4n) is 2.90. The van der Waals surface area contributed by atoms with Crippen molar-refractivity contribution in [2.24, 2.45) is 0 Å². The van der Waals surface area contributed by atoms with Crippen molar-refractivity contribution in [3.63, 3.8) is 0 Å². The summed E-state index contributed by atoms with van der Waals surface area (Å²) in [6, 6.07) is 14.9. The lowest BCUT2D eigenvalue weighted by Crippen LogP contribution is -2.35. The van der Waals surface area contributed by atoms with Crippen LogP contribution in [0.3, 0.4) is 0 Å². The van der Waals surface area contributed by atoms with Crippen LogP contribution in [0.2, 0.25) is 5.02 Å². The number of fused-ring (bicyclic) bond motifs is 1. The summed E-state index contributed by atoms with van der Waals surface area (Å²) in [5.74, 6) is -0.240. The van der Waals surface area contributed by atoms with Gasteiger partial charge in [-0.05, 0) is 30.7 Å². The van der Waals surface area contributed by atoms with Crippen LogP contribution in [0, 0.1) is 0 Å². The Bertz CT molecular complexity index is 812. The Kier molecular flexibility index (Phi) is 6.22. The Morgan fingerprint density at radius 3 is 2.73 bits per heavy atom. The summed E-state index contributed by atoms with van der Waals surface area (Å²) in [5.41, 5.74) is 1.39. The second-order valence-corrected chi connectivity index (χ2v) is 8.10. The normalized spacial score (nSPS) is 16.5. The summed E-state index contributed by atoms with van der Waals surface area (Å²) < 4.78 is 0. The van der Waals surface area contributed by atoms with Crippen LogP contribution in [0.25, 0.3) is 0 Å². The molecule has 136 valence electrons. The van der Waals surface area contributed by atoms with Gasteiger partial charge in [-0.3, -0.25) is 9.59 Å². The van der Waals surface area contributed by atoms with Crippen molar-refractivity contribution in [3.05, 3.63) is 59.1 Å². The van der Waals surface area contributed by atoms with Gasteiger partial charge in [-0.1, -0.05) is 42.8 Å². The second-order valence-electron chi connectivity index (χ2n) is 6.22. The third kappa shape index (κ3) is 4.40. The van der Waals surface area contributed by atoms with Gasteiger partial charge in [0.2, 0.25) is 5.91 Å². The maximum Gasteiger partial charge on any atom is 0.252 e. The molecule has 2 aromatic carbocycles. The highest BCUT2D eigenvalue weighted by Gasteiger charge is 2.23. The van der Waals surface area contributed by atoms with E-state index in [9.17, 15) is 9.59 Å². The second kappa shape index (κ2) is 8.60. The van der Waals surface area contributed by atoms with Crippen molar-refractivity contribution in [2.45, 2.75) is 29.9 Å². The number of nitrogens with zero attached hydrogens (tertiary/aromatic N) is 1. The number of carbonyl (C=O) groups is 2. The fraction of sp³-hybridized carbons (Fsp3) is 0.300. The first-order valence-corrected chi connectivity index (χ1v) is 9.91. The van der Waals surface area contributed by atoms with Crippen LogP contribution < -0.4 is 10.2 Å². The molecule has 4 nitrogen and oxygen atoms in total. The zero-order valence-electron chi connectivity index (χ0n) is 14.6. The molecule has 1 N–H and O–H groups in total. The van der Waals surface area contributed by atoms with Crippen LogP contribution in [0.1, 0.15) is 30.1 Å². The number of thioether (sulfide) groups is 1. The molecule has 2 aromatic rings. The molecule has 3 rings (SSSR count).